The molecule has 0 unspecified atom stereocenters. The molecule has 0 aliphatic rings. The molecule has 0 aromatic carbocycles. The van der Waals surface area contributed by atoms with E-state index in [9.17, 15) is 0 Å². The van der Waals surface area contributed by atoms with Gasteiger partial charge in [-0.25, -0.2) is 0 Å². The number of hydrogen-bond acceptors (Lipinski definition) is 3. The van der Waals surface area contributed by atoms with Gasteiger partial charge in [-0.05, 0) is 18.1 Å². The van der Waals surface area contributed by atoms with Crippen LogP contribution in [0.15, 0.2) is 31.1 Å². The van der Waals surface area contributed by atoms with Crippen LogP contribution < -0.4 is 5.32 Å². The van der Waals surface area contributed by atoms with Gasteiger partial charge in [-0.3, -0.25) is 4.98 Å². The Hall–Kier alpha value is -0.800. The molecular formula is C12H18N2S. The summed E-state index contributed by atoms with van der Waals surface area (Å²) in [5.74, 6) is 2.17. The average molecular weight is 222 g/mol. The van der Waals surface area contributed by atoms with Crippen LogP contribution in [0, 0.1) is 6.92 Å². The highest BCUT2D eigenvalue weighted by Crippen LogP contribution is 2.01. The van der Waals surface area contributed by atoms with Crippen molar-refractivity contribution in [1.29, 1.82) is 0 Å². The lowest BCUT2D eigenvalue weighted by atomic mass is 10.2. The lowest BCUT2D eigenvalue weighted by Crippen LogP contribution is -2.16. The van der Waals surface area contributed by atoms with Gasteiger partial charge in [0.25, 0.3) is 0 Å². The van der Waals surface area contributed by atoms with Crippen LogP contribution in [0.3, 0.4) is 0 Å². The molecule has 1 rings (SSSR count). The Kier molecular flexibility index (Phi) is 6.12. The van der Waals surface area contributed by atoms with E-state index in [0.29, 0.717) is 0 Å². The molecule has 0 spiro atoms. The molecule has 1 aromatic heterocycles. The number of aryl methyl sites for hydroxylation is 1. The average Bonchev–Trinajstić information content (AvgIpc) is 2.23. The smallest absolute Gasteiger partial charge is 0.0313 e. The Morgan fingerprint density at radius 2 is 2.40 bits per heavy atom. The molecule has 1 heterocycles. The van der Waals surface area contributed by atoms with E-state index in [1.54, 1.807) is 0 Å². The number of thioether (sulfide) groups is 1. The van der Waals surface area contributed by atoms with E-state index in [1.165, 1.54) is 11.1 Å². The van der Waals surface area contributed by atoms with Gasteiger partial charge >= 0.3 is 0 Å². The first-order valence-corrected chi connectivity index (χ1v) is 6.28. The molecule has 82 valence electrons. The number of aromatic nitrogens is 1. The summed E-state index contributed by atoms with van der Waals surface area (Å²) >= 11 is 1.90. The largest absolute Gasteiger partial charge is 0.312 e. The maximum absolute atomic E-state index is 4.15. The maximum atomic E-state index is 4.15. The first kappa shape index (κ1) is 12.3. The normalized spacial score (nSPS) is 10.2. The van der Waals surface area contributed by atoms with Gasteiger partial charge in [0.15, 0.2) is 0 Å². The number of hydrogen-bond donors (Lipinski definition) is 1. The fraction of sp³-hybridized carbons (Fsp3) is 0.417. The van der Waals surface area contributed by atoms with Crippen LogP contribution in [-0.2, 0) is 6.54 Å². The fourth-order valence-corrected chi connectivity index (χ4v) is 1.88. The van der Waals surface area contributed by atoms with Crippen LogP contribution in [0.4, 0.5) is 0 Å². The third kappa shape index (κ3) is 5.60. The van der Waals surface area contributed by atoms with Crippen molar-refractivity contribution < 1.29 is 0 Å². The minimum absolute atomic E-state index is 0.906. The summed E-state index contributed by atoms with van der Waals surface area (Å²) < 4.78 is 0. The number of nitrogens with zero attached hydrogens (tertiary/aromatic N) is 1. The minimum Gasteiger partial charge on any atom is -0.312 e. The molecule has 0 radical (unpaired) electrons. The second-order valence-electron chi connectivity index (χ2n) is 3.41. The lowest BCUT2D eigenvalue weighted by molar-refractivity contribution is 0.729. The summed E-state index contributed by atoms with van der Waals surface area (Å²) in [7, 11) is 0. The van der Waals surface area contributed by atoms with Gasteiger partial charge in [-0.2, -0.15) is 11.8 Å². The second kappa shape index (κ2) is 7.49. The Morgan fingerprint density at radius 3 is 3.13 bits per heavy atom. The van der Waals surface area contributed by atoms with Crippen molar-refractivity contribution in [2.24, 2.45) is 0 Å². The SMILES string of the molecule is C=CCSCCNCc1cncc(C)c1. The summed E-state index contributed by atoms with van der Waals surface area (Å²) in [6.45, 7) is 7.69. The van der Waals surface area contributed by atoms with Gasteiger partial charge in [-0.15, -0.1) is 6.58 Å². The summed E-state index contributed by atoms with van der Waals surface area (Å²) in [5, 5.41) is 3.39. The van der Waals surface area contributed by atoms with Crippen molar-refractivity contribution in [1.82, 2.24) is 10.3 Å². The summed E-state index contributed by atoms with van der Waals surface area (Å²) in [6.07, 6.45) is 5.73. The summed E-state index contributed by atoms with van der Waals surface area (Å²) in [5.41, 5.74) is 2.47. The molecule has 0 bridgehead atoms. The lowest BCUT2D eigenvalue weighted by Gasteiger charge is -2.04. The quantitative estimate of drug-likeness (QED) is 0.566. The maximum Gasteiger partial charge on any atom is 0.0313 e. The van der Waals surface area contributed by atoms with Crippen molar-refractivity contribution in [2.75, 3.05) is 18.1 Å². The van der Waals surface area contributed by atoms with Gasteiger partial charge < -0.3 is 5.32 Å². The predicted molar refractivity (Wildman–Crippen MR) is 68.2 cm³/mol. The van der Waals surface area contributed by atoms with Crippen molar-refractivity contribution in [3.63, 3.8) is 0 Å². The van der Waals surface area contributed by atoms with E-state index in [1.807, 2.05) is 30.2 Å². The third-order valence-corrected chi connectivity index (χ3v) is 2.88. The number of rotatable bonds is 7. The zero-order chi connectivity index (χ0) is 10.9. The number of pyridine rings is 1. The molecule has 1 aromatic rings. The van der Waals surface area contributed by atoms with Crippen LogP contribution in [0.25, 0.3) is 0 Å². The molecule has 3 heteroatoms. The van der Waals surface area contributed by atoms with Gasteiger partial charge in [0.05, 0.1) is 0 Å². The van der Waals surface area contributed by atoms with E-state index in [2.05, 4.69) is 29.9 Å². The highest BCUT2D eigenvalue weighted by molar-refractivity contribution is 7.99. The molecule has 0 aliphatic heterocycles. The Balaban J connectivity index is 2.12. The zero-order valence-electron chi connectivity index (χ0n) is 9.20. The van der Waals surface area contributed by atoms with E-state index >= 15 is 0 Å². The first-order chi connectivity index (χ1) is 7.33. The Bertz CT molecular complexity index is 299. The number of nitrogens with one attached hydrogen (secondary N) is 1. The topological polar surface area (TPSA) is 24.9 Å². The molecule has 0 amide bonds. The van der Waals surface area contributed by atoms with Crippen LogP contribution in [-0.4, -0.2) is 23.0 Å². The highest BCUT2D eigenvalue weighted by Gasteiger charge is 1.93. The van der Waals surface area contributed by atoms with Crippen LogP contribution in [0.1, 0.15) is 11.1 Å². The third-order valence-electron chi connectivity index (χ3n) is 1.92. The van der Waals surface area contributed by atoms with Crippen molar-refractivity contribution in [3.8, 4) is 0 Å². The molecule has 1 N–H and O–H groups in total. The van der Waals surface area contributed by atoms with Crippen LogP contribution >= 0.6 is 11.8 Å². The zero-order valence-corrected chi connectivity index (χ0v) is 10.0. The Labute approximate surface area is 96.2 Å². The van der Waals surface area contributed by atoms with Crippen LogP contribution in [0.2, 0.25) is 0 Å². The molecule has 0 saturated carbocycles. The minimum atomic E-state index is 0.906. The Morgan fingerprint density at radius 1 is 1.53 bits per heavy atom. The molecule has 0 saturated heterocycles. The van der Waals surface area contributed by atoms with E-state index in [-0.39, 0.29) is 0 Å². The van der Waals surface area contributed by atoms with Gasteiger partial charge in [0, 0.05) is 37.0 Å². The van der Waals surface area contributed by atoms with Crippen molar-refractivity contribution >= 4 is 11.8 Å². The molecule has 0 atom stereocenters. The van der Waals surface area contributed by atoms with Crippen LogP contribution in [0.5, 0.6) is 0 Å². The predicted octanol–water partition coefficient (Wildman–Crippen LogP) is 2.40. The molecule has 0 fully saturated rings. The van der Waals surface area contributed by atoms with E-state index in [0.717, 1.165) is 24.6 Å². The highest BCUT2D eigenvalue weighted by atomic mass is 32.2. The van der Waals surface area contributed by atoms with Gasteiger partial charge in [-0.1, -0.05) is 12.1 Å². The van der Waals surface area contributed by atoms with Gasteiger partial charge in [0.2, 0.25) is 0 Å². The molecule has 0 aliphatic carbocycles. The first-order valence-electron chi connectivity index (χ1n) is 5.13. The van der Waals surface area contributed by atoms with E-state index in [4.69, 9.17) is 0 Å². The van der Waals surface area contributed by atoms with E-state index < -0.39 is 0 Å². The second-order valence-corrected chi connectivity index (χ2v) is 4.56. The fourth-order valence-electron chi connectivity index (χ4n) is 1.26. The monoisotopic (exact) mass is 222 g/mol. The summed E-state index contributed by atoms with van der Waals surface area (Å²) in [6, 6.07) is 2.16. The van der Waals surface area contributed by atoms with Crippen molar-refractivity contribution in [3.05, 3.63) is 42.2 Å². The standard InChI is InChI=1S/C12H18N2S/c1-3-5-15-6-4-13-9-12-7-11(2)8-14-10-12/h3,7-8,10,13H,1,4-6,9H2,2H3. The summed E-state index contributed by atoms with van der Waals surface area (Å²) in [4.78, 5) is 4.15. The molecule has 15 heavy (non-hydrogen) atoms. The molecule has 2 nitrogen and oxygen atoms in total. The molecular weight excluding hydrogens is 204 g/mol. The van der Waals surface area contributed by atoms with Gasteiger partial charge in [0.1, 0.15) is 0 Å². The van der Waals surface area contributed by atoms with Crippen molar-refractivity contribution in [2.45, 2.75) is 13.5 Å².